The molecule has 116 valence electrons. The molecule has 1 atom stereocenters. The highest BCUT2D eigenvalue weighted by molar-refractivity contribution is 6.32. The Morgan fingerprint density at radius 3 is 2.73 bits per heavy atom. The molecule has 0 saturated heterocycles. The van der Waals surface area contributed by atoms with Gasteiger partial charge in [-0.1, -0.05) is 41.9 Å². The molecular formula is C18H20ClNO2. The van der Waals surface area contributed by atoms with E-state index in [2.05, 4.69) is 36.5 Å². The standard InChI is InChI=1S/C18H20ClNO2/c1-13(15-6-3-2-4-7-15)20-12-14-10-16(19)18-17(11-14)21-8-5-9-22-18/h2-4,6-7,10-11,13,20H,5,8-9,12H2,1H3. The van der Waals surface area contributed by atoms with Crippen molar-refractivity contribution in [2.45, 2.75) is 25.9 Å². The highest BCUT2D eigenvalue weighted by atomic mass is 35.5. The van der Waals surface area contributed by atoms with Crippen LogP contribution in [0, 0.1) is 0 Å². The second-order valence-electron chi connectivity index (χ2n) is 5.47. The Bertz CT molecular complexity index is 630. The molecule has 0 radical (unpaired) electrons. The van der Waals surface area contributed by atoms with Crippen molar-refractivity contribution in [1.82, 2.24) is 5.32 Å². The van der Waals surface area contributed by atoms with Gasteiger partial charge < -0.3 is 14.8 Å². The number of halogens is 1. The van der Waals surface area contributed by atoms with Crippen LogP contribution in [0.3, 0.4) is 0 Å². The number of benzene rings is 2. The van der Waals surface area contributed by atoms with Gasteiger partial charge in [0.15, 0.2) is 11.5 Å². The van der Waals surface area contributed by atoms with E-state index in [1.54, 1.807) is 0 Å². The molecule has 0 aliphatic carbocycles. The first-order valence-electron chi connectivity index (χ1n) is 7.60. The van der Waals surface area contributed by atoms with Crippen LogP contribution in [0.4, 0.5) is 0 Å². The van der Waals surface area contributed by atoms with E-state index in [0.29, 0.717) is 24.0 Å². The normalized spacial score (nSPS) is 15.2. The number of hydrogen-bond acceptors (Lipinski definition) is 3. The summed E-state index contributed by atoms with van der Waals surface area (Å²) in [7, 11) is 0. The maximum absolute atomic E-state index is 6.32. The highest BCUT2D eigenvalue weighted by Crippen LogP contribution is 2.38. The van der Waals surface area contributed by atoms with Crippen LogP contribution in [-0.2, 0) is 6.54 Å². The van der Waals surface area contributed by atoms with Gasteiger partial charge in [-0.25, -0.2) is 0 Å². The van der Waals surface area contributed by atoms with Crippen LogP contribution in [0.1, 0.15) is 30.5 Å². The zero-order chi connectivity index (χ0) is 15.4. The van der Waals surface area contributed by atoms with Crippen molar-refractivity contribution in [1.29, 1.82) is 0 Å². The van der Waals surface area contributed by atoms with Gasteiger partial charge in [0.05, 0.1) is 18.2 Å². The van der Waals surface area contributed by atoms with E-state index in [1.165, 1.54) is 5.56 Å². The number of ether oxygens (including phenoxy) is 2. The minimum absolute atomic E-state index is 0.274. The second kappa shape index (κ2) is 7.03. The number of nitrogens with one attached hydrogen (secondary N) is 1. The van der Waals surface area contributed by atoms with Gasteiger partial charge in [0.2, 0.25) is 0 Å². The van der Waals surface area contributed by atoms with Gasteiger partial charge >= 0.3 is 0 Å². The smallest absolute Gasteiger partial charge is 0.179 e. The lowest BCUT2D eigenvalue weighted by molar-refractivity contribution is 0.297. The molecule has 2 aromatic rings. The van der Waals surface area contributed by atoms with E-state index in [1.807, 2.05) is 18.2 Å². The first-order chi connectivity index (χ1) is 10.7. The van der Waals surface area contributed by atoms with Crippen LogP contribution in [-0.4, -0.2) is 13.2 Å². The fourth-order valence-corrected chi connectivity index (χ4v) is 2.80. The summed E-state index contributed by atoms with van der Waals surface area (Å²) >= 11 is 6.32. The molecule has 0 aromatic heterocycles. The minimum atomic E-state index is 0.274. The molecule has 1 N–H and O–H groups in total. The average Bonchev–Trinajstić information content (AvgIpc) is 2.79. The summed E-state index contributed by atoms with van der Waals surface area (Å²) in [6.07, 6.45) is 0.879. The number of rotatable bonds is 4. The third-order valence-corrected chi connectivity index (χ3v) is 4.05. The lowest BCUT2D eigenvalue weighted by atomic mass is 10.1. The SMILES string of the molecule is CC(NCc1cc(Cl)c2c(c1)OCCCO2)c1ccccc1. The van der Waals surface area contributed by atoms with Gasteiger partial charge in [0.25, 0.3) is 0 Å². The van der Waals surface area contributed by atoms with Gasteiger partial charge in [0.1, 0.15) is 0 Å². The van der Waals surface area contributed by atoms with Crippen molar-refractivity contribution in [2.75, 3.05) is 13.2 Å². The maximum atomic E-state index is 6.32. The van der Waals surface area contributed by atoms with Crippen LogP contribution in [0.2, 0.25) is 5.02 Å². The lowest BCUT2D eigenvalue weighted by Gasteiger charge is -2.16. The number of fused-ring (bicyclic) bond motifs is 1. The molecule has 3 rings (SSSR count). The van der Waals surface area contributed by atoms with E-state index in [4.69, 9.17) is 21.1 Å². The molecule has 0 fully saturated rings. The summed E-state index contributed by atoms with van der Waals surface area (Å²) in [5.74, 6) is 1.41. The third-order valence-electron chi connectivity index (χ3n) is 3.77. The van der Waals surface area contributed by atoms with E-state index in [9.17, 15) is 0 Å². The second-order valence-corrected chi connectivity index (χ2v) is 5.88. The molecule has 1 heterocycles. The van der Waals surface area contributed by atoms with Crippen molar-refractivity contribution in [2.24, 2.45) is 0 Å². The summed E-state index contributed by atoms with van der Waals surface area (Å²) in [4.78, 5) is 0. The van der Waals surface area contributed by atoms with E-state index >= 15 is 0 Å². The van der Waals surface area contributed by atoms with Crippen molar-refractivity contribution in [3.63, 3.8) is 0 Å². The van der Waals surface area contributed by atoms with Gasteiger partial charge in [-0.05, 0) is 30.2 Å². The number of hydrogen-bond donors (Lipinski definition) is 1. The minimum Gasteiger partial charge on any atom is -0.489 e. The van der Waals surface area contributed by atoms with Crippen LogP contribution < -0.4 is 14.8 Å². The fourth-order valence-electron chi connectivity index (χ4n) is 2.52. The molecule has 3 nitrogen and oxygen atoms in total. The quantitative estimate of drug-likeness (QED) is 0.909. The summed E-state index contributed by atoms with van der Waals surface area (Å²) in [6.45, 7) is 4.20. The molecular weight excluding hydrogens is 298 g/mol. The predicted octanol–water partition coefficient (Wildman–Crippen LogP) is 4.35. The zero-order valence-electron chi connectivity index (χ0n) is 12.6. The van der Waals surface area contributed by atoms with Crippen molar-refractivity contribution in [3.8, 4) is 11.5 Å². The largest absolute Gasteiger partial charge is 0.489 e. The summed E-state index contributed by atoms with van der Waals surface area (Å²) < 4.78 is 11.4. The Hall–Kier alpha value is -1.71. The van der Waals surface area contributed by atoms with Crippen LogP contribution >= 0.6 is 11.6 Å². The molecule has 0 amide bonds. The average molecular weight is 318 g/mol. The molecule has 0 saturated carbocycles. The Kier molecular flexibility index (Phi) is 4.86. The van der Waals surface area contributed by atoms with E-state index < -0.39 is 0 Å². The summed E-state index contributed by atoms with van der Waals surface area (Å²) in [5.41, 5.74) is 2.36. The maximum Gasteiger partial charge on any atom is 0.179 e. The van der Waals surface area contributed by atoms with Crippen LogP contribution in [0.5, 0.6) is 11.5 Å². The summed E-state index contributed by atoms with van der Waals surface area (Å²) in [6, 6.07) is 14.6. The van der Waals surface area contributed by atoms with Gasteiger partial charge in [-0.2, -0.15) is 0 Å². The molecule has 2 aromatic carbocycles. The van der Waals surface area contributed by atoms with E-state index in [0.717, 1.165) is 24.3 Å². The Morgan fingerprint density at radius 2 is 1.91 bits per heavy atom. The highest BCUT2D eigenvalue weighted by Gasteiger charge is 2.15. The van der Waals surface area contributed by atoms with Gasteiger partial charge in [-0.15, -0.1) is 0 Å². The molecule has 0 bridgehead atoms. The lowest BCUT2D eigenvalue weighted by Crippen LogP contribution is -2.18. The first kappa shape index (κ1) is 15.2. The third kappa shape index (κ3) is 3.54. The monoisotopic (exact) mass is 317 g/mol. The van der Waals surface area contributed by atoms with Crippen LogP contribution in [0.25, 0.3) is 0 Å². The molecule has 1 aliphatic rings. The fraction of sp³-hybridized carbons (Fsp3) is 0.333. The Balaban J connectivity index is 1.70. The first-order valence-corrected chi connectivity index (χ1v) is 7.98. The van der Waals surface area contributed by atoms with Gasteiger partial charge in [0, 0.05) is 19.0 Å². The molecule has 1 aliphatic heterocycles. The topological polar surface area (TPSA) is 30.5 Å². The zero-order valence-corrected chi connectivity index (χ0v) is 13.4. The van der Waals surface area contributed by atoms with Crippen LogP contribution in [0.15, 0.2) is 42.5 Å². The summed E-state index contributed by atoms with van der Waals surface area (Å²) in [5, 5.41) is 4.12. The van der Waals surface area contributed by atoms with Crippen molar-refractivity contribution >= 4 is 11.6 Å². The van der Waals surface area contributed by atoms with Crippen molar-refractivity contribution < 1.29 is 9.47 Å². The predicted molar refractivity (Wildman–Crippen MR) is 88.8 cm³/mol. The molecule has 4 heteroatoms. The molecule has 1 unspecified atom stereocenters. The Labute approximate surface area is 136 Å². The molecule has 0 spiro atoms. The van der Waals surface area contributed by atoms with Gasteiger partial charge in [-0.3, -0.25) is 0 Å². The van der Waals surface area contributed by atoms with E-state index in [-0.39, 0.29) is 6.04 Å². The Morgan fingerprint density at radius 1 is 1.14 bits per heavy atom. The molecule has 22 heavy (non-hydrogen) atoms. The van der Waals surface area contributed by atoms with Crippen molar-refractivity contribution in [3.05, 3.63) is 58.6 Å².